The zero-order valence-electron chi connectivity index (χ0n) is 14.2. The monoisotopic (exact) mass is 350 g/mol. The first-order chi connectivity index (χ1) is 11.9. The van der Waals surface area contributed by atoms with Crippen molar-refractivity contribution in [2.24, 2.45) is 5.92 Å². The summed E-state index contributed by atoms with van der Waals surface area (Å²) in [5.41, 5.74) is 0.345. The van der Waals surface area contributed by atoms with Crippen molar-refractivity contribution in [3.05, 3.63) is 23.8 Å². The molecule has 1 saturated carbocycles. The summed E-state index contributed by atoms with van der Waals surface area (Å²) in [5.74, 6) is -1.07. The second-order valence-electron chi connectivity index (χ2n) is 5.87. The smallest absolute Gasteiger partial charge is 0.306 e. The Morgan fingerprint density at radius 3 is 2.48 bits per heavy atom. The van der Waals surface area contributed by atoms with Gasteiger partial charge < -0.3 is 25.2 Å². The molecule has 1 aliphatic carbocycles. The van der Waals surface area contributed by atoms with E-state index in [1.807, 2.05) is 0 Å². The number of carbonyl (C=O) groups excluding carboxylic acids is 2. The van der Waals surface area contributed by atoms with Crippen molar-refractivity contribution < 1.29 is 29.0 Å². The zero-order chi connectivity index (χ0) is 18.4. The number of nitrogens with one attached hydrogen (secondary N) is 2. The summed E-state index contributed by atoms with van der Waals surface area (Å²) in [6, 6.07) is 4.55. The Morgan fingerprint density at radius 1 is 1.16 bits per heavy atom. The lowest BCUT2D eigenvalue weighted by Crippen LogP contribution is -2.41. The van der Waals surface area contributed by atoms with Crippen LogP contribution in [0, 0.1) is 5.92 Å². The van der Waals surface area contributed by atoms with Crippen molar-refractivity contribution in [1.29, 1.82) is 0 Å². The van der Waals surface area contributed by atoms with Gasteiger partial charge in [-0.25, -0.2) is 0 Å². The van der Waals surface area contributed by atoms with Crippen LogP contribution in [0.5, 0.6) is 11.5 Å². The highest BCUT2D eigenvalue weighted by molar-refractivity contribution is 5.97. The van der Waals surface area contributed by atoms with Gasteiger partial charge in [-0.2, -0.15) is 0 Å². The van der Waals surface area contributed by atoms with Gasteiger partial charge in [0.2, 0.25) is 5.91 Å². The molecule has 0 radical (unpaired) electrons. The number of benzene rings is 1. The molecular weight excluding hydrogens is 328 g/mol. The predicted molar refractivity (Wildman–Crippen MR) is 88.8 cm³/mol. The highest BCUT2D eigenvalue weighted by Gasteiger charge is 2.30. The lowest BCUT2D eigenvalue weighted by Gasteiger charge is -2.13. The van der Waals surface area contributed by atoms with E-state index in [4.69, 9.17) is 14.6 Å². The summed E-state index contributed by atoms with van der Waals surface area (Å²) in [7, 11) is 2.97. The molecule has 0 spiro atoms. The number of hydrogen-bond donors (Lipinski definition) is 3. The molecule has 0 saturated heterocycles. The summed E-state index contributed by atoms with van der Waals surface area (Å²) in [5, 5.41) is 14.2. The first kappa shape index (κ1) is 18.6. The largest absolute Gasteiger partial charge is 0.493 e. The average Bonchev–Trinajstić information content (AvgIpc) is 3.07. The lowest BCUT2D eigenvalue weighted by molar-refractivity contribution is -0.141. The van der Waals surface area contributed by atoms with E-state index in [-0.39, 0.29) is 18.5 Å². The molecule has 1 aromatic rings. The Balaban J connectivity index is 1.83. The van der Waals surface area contributed by atoms with Gasteiger partial charge in [-0.15, -0.1) is 0 Å². The first-order valence-electron chi connectivity index (χ1n) is 7.97. The second kappa shape index (κ2) is 8.36. The minimum Gasteiger partial charge on any atom is -0.493 e. The highest BCUT2D eigenvalue weighted by atomic mass is 16.5. The van der Waals surface area contributed by atoms with Crippen LogP contribution < -0.4 is 20.1 Å². The number of carboxylic acid groups (broad SMARTS) is 1. The molecule has 25 heavy (non-hydrogen) atoms. The van der Waals surface area contributed by atoms with Crippen LogP contribution >= 0.6 is 0 Å². The summed E-state index contributed by atoms with van der Waals surface area (Å²) < 4.78 is 10.2. The van der Waals surface area contributed by atoms with E-state index < -0.39 is 17.8 Å². The molecular formula is C17H22N2O6. The predicted octanol–water partition coefficient (Wildman–Crippen LogP) is 0.803. The van der Waals surface area contributed by atoms with Gasteiger partial charge in [0.05, 0.1) is 26.7 Å². The molecule has 0 aliphatic heterocycles. The van der Waals surface area contributed by atoms with Crippen LogP contribution in [0.25, 0.3) is 0 Å². The molecule has 8 nitrogen and oxygen atoms in total. The van der Waals surface area contributed by atoms with Crippen molar-refractivity contribution >= 4 is 17.8 Å². The summed E-state index contributed by atoms with van der Waals surface area (Å²) in [6.07, 6.45) is 1.61. The number of rotatable bonds is 7. The van der Waals surface area contributed by atoms with E-state index >= 15 is 0 Å². The molecule has 1 aliphatic rings. The first-order valence-corrected chi connectivity index (χ1v) is 7.97. The number of ether oxygens (including phenoxy) is 2. The Bertz CT molecular complexity index is 661. The Morgan fingerprint density at radius 2 is 1.88 bits per heavy atom. The fraction of sp³-hybridized carbons (Fsp3) is 0.471. The lowest BCUT2D eigenvalue weighted by atomic mass is 10.1. The molecule has 0 bridgehead atoms. The van der Waals surface area contributed by atoms with Gasteiger partial charge in [0, 0.05) is 11.6 Å². The van der Waals surface area contributed by atoms with Crippen LogP contribution in [-0.4, -0.2) is 49.7 Å². The molecule has 0 unspecified atom stereocenters. The minimum atomic E-state index is -0.835. The fourth-order valence-corrected chi connectivity index (χ4v) is 2.86. The topological polar surface area (TPSA) is 114 Å². The van der Waals surface area contributed by atoms with Gasteiger partial charge in [0.25, 0.3) is 5.91 Å². The van der Waals surface area contributed by atoms with Crippen molar-refractivity contribution in [3.63, 3.8) is 0 Å². The van der Waals surface area contributed by atoms with Gasteiger partial charge >= 0.3 is 5.97 Å². The maximum Gasteiger partial charge on any atom is 0.306 e. The van der Waals surface area contributed by atoms with Crippen LogP contribution in [0.1, 0.15) is 29.6 Å². The van der Waals surface area contributed by atoms with E-state index in [0.717, 1.165) is 0 Å². The summed E-state index contributed by atoms with van der Waals surface area (Å²) in [6.45, 7) is -0.179. The van der Waals surface area contributed by atoms with Crippen LogP contribution in [0.2, 0.25) is 0 Å². The van der Waals surface area contributed by atoms with Gasteiger partial charge in [0.1, 0.15) is 0 Å². The zero-order valence-corrected chi connectivity index (χ0v) is 14.2. The van der Waals surface area contributed by atoms with E-state index in [1.165, 1.54) is 20.3 Å². The third-order valence-electron chi connectivity index (χ3n) is 4.20. The van der Waals surface area contributed by atoms with Gasteiger partial charge in [-0.05, 0) is 37.5 Å². The number of aliphatic carboxylic acids is 1. The van der Waals surface area contributed by atoms with E-state index in [2.05, 4.69) is 10.6 Å². The second-order valence-corrected chi connectivity index (χ2v) is 5.87. The molecule has 2 amide bonds. The van der Waals surface area contributed by atoms with E-state index in [0.29, 0.717) is 36.3 Å². The fourth-order valence-electron chi connectivity index (χ4n) is 2.86. The van der Waals surface area contributed by atoms with Crippen LogP contribution in [0.15, 0.2) is 18.2 Å². The average molecular weight is 350 g/mol. The number of amides is 2. The normalized spacial score (nSPS) is 19.1. The number of methoxy groups -OCH3 is 2. The molecule has 1 aromatic carbocycles. The molecule has 2 atom stereocenters. The third-order valence-corrected chi connectivity index (χ3v) is 4.20. The minimum absolute atomic E-state index is 0.161. The summed E-state index contributed by atoms with van der Waals surface area (Å²) >= 11 is 0. The number of carboxylic acids is 1. The maximum absolute atomic E-state index is 12.1. The third kappa shape index (κ3) is 4.85. The molecule has 0 aromatic heterocycles. The number of hydrogen-bond acceptors (Lipinski definition) is 5. The van der Waals surface area contributed by atoms with Gasteiger partial charge in [0.15, 0.2) is 11.5 Å². The van der Waals surface area contributed by atoms with Crippen molar-refractivity contribution in [2.75, 3.05) is 20.8 Å². The maximum atomic E-state index is 12.1. The molecule has 8 heteroatoms. The van der Waals surface area contributed by atoms with E-state index in [9.17, 15) is 14.4 Å². The standard InChI is InChI=1S/C17H22N2O6/c1-24-13-6-4-10(8-14(13)25-2)16(21)18-9-15(20)19-12-5-3-11(7-12)17(22)23/h4,6,8,11-12H,3,5,7,9H2,1-2H3,(H,18,21)(H,19,20)(H,22,23)/t11-,12+/m0/s1. The van der Waals surface area contributed by atoms with Crippen LogP contribution in [-0.2, 0) is 9.59 Å². The van der Waals surface area contributed by atoms with E-state index in [1.54, 1.807) is 12.1 Å². The molecule has 3 N–H and O–H groups in total. The van der Waals surface area contributed by atoms with Crippen molar-refractivity contribution in [3.8, 4) is 11.5 Å². The van der Waals surface area contributed by atoms with Crippen molar-refractivity contribution in [1.82, 2.24) is 10.6 Å². The van der Waals surface area contributed by atoms with Gasteiger partial charge in [-0.3, -0.25) is 14.4 Å². The SMILES string of the molecule is COc1ccc(C(=O)NCC(=O)N[C@@H]2CC[C@H](C(=O)O)C2)cc1OC. The van der Waals surface area contributed by atoms with Crippen molar-refractivity contribution in [2.45, 2.75) is 25.3 Å². The highest BCUT2D eigenvalue weighted by Crippen LogP contribution is 2.27. The summed E-state index contributed by atoms with van der Waals surface area (Å²) in [4.78, 5) is 35.0. The van der Waals surface area contributed by atoms with Crippen LogP contribution in [0.3, 0.4) is 0 Å². The Kier molecular flexibility index (Phi) is 6.21. The van der Waals surface area contributed by atoms with Gasteiger partial charge in [-0.1, -0.05) is 0 Å². The molecule has 136 valence electrons. The Hall–Kier alpha value is -2.77. The Labute approximate surface area is 145 Å². The molecule has 0 heterocycles. The molecule has 1 fully saturated rings. The quantitative estimate of drug-likeness (QED) is 0.670. The van der Waals surface area contributed by atoms with Crippen LogP contribution in [0.4, 0.5) is 0 Å². The number of carbonyl (C=O) groups is 3. The molecule has 2 rings (SSSR count).